The second kappa shape index (κ2) is 23.2. The molecule has 0 aliphatic heterocycles. The number of carbonyl (C=O) groups is 4. The maximum absolute atomic E-state index is 13.4. The minimum atomic E-state index is -1.41. The van der Waals surface area contributed by atoms with Crippen LogP contribution in [-0.2, 0) is 25.5 Å². The Balaban J connectivity index is 0.000000289. The highest BCUT2D eigenvalue weighted by molar-refractivity contribution is 5.90. The number of ether oxygens (including phenoxy) is 2. The fourth-order valence-corrected chi connectivity index (χ4v) is 8.24. The predicted molar refractivity (Wildman–Crippen MR) is 270 cm³/mol. The van der Waals surface area contributed by atoms with Gasteiger partial charge in [0, 0.05) is 25.3 Å². The van der Waals surface area contributed by atoms with Gasteiger partial charge in [-0.1, -0.05) is 154 Å². The van der Waals surface area contributed by atoms with E-state index in [1.54, 1.807) is 45.1 Å². The maximum Gasteiger partial charge on any atom is 0.407 e. The third-order valence-electron chi connectivity index (χ3n) is 11.7. The average Bonchev–Trinajstić information content (AvgIpc) is 3.79. The number of carbonyl (C=O) groups excluding carboxylic acids is 3. The molecule has 5 aromatic rings. The number of alkyl carbamates (subject to hydrolysis) is 1. The highest BCUT2D eigenvalue weighted by Gasteiger charge is 2.34. The van der Waals surface area contributed by atoms with Crippen LogP contribution in [-0.4, -0.2) is 77.1 Å². The van der Waals surface area contributed by atoms with Gasteiger partial charge in [0.05, 0.1) is 6.54 Å². The number of esters is 1. The van der Waals surface area contributed by atoms with E-state index in [1.807, 2.05) is 62.4 Å². The van der Waals surface area contributed by atoms with Crippen LogP contribution in [0.25, 0.3) is 22.3 Å². The molecule has 0 spiro atoms. The van der Waals surface area contributed by atoms with Crippen LogP contribution in [0.2, 0.25) is 0 Å². The van der Waals surface area contributed by atoms with Gasteiger partial charge in [0.15, 0.2) is 0 Å². The van der Waals surface area contributed by atoms with Crippen molar-refractivity contribution in [2.45, 2.75) is 77.5 Å². The molecule has 2 aliphatic carbocycles. The number of fused-ring (bicyclic) bond motifs is 6. The molecule has 4 N–H and O–H groups in total. The van der Waals surface area contributed by atoms with Gasteiger partial charge in [-0.15, -0.1) is 0 Å². The molecule has 0 radical (unpaired) electrons. The fraction of sp³-hybridized carbons (Fsp3) is 0.263. The van der Waals surface area contributed by atoms with E-state index in [9.17, 15) is 29.4 Å². The zero-order valence-corrected chi connectivity index (χ0v) is 40.0. The monoisotopic (exact) mass is 917 g/mol. The molecule has 0 aromatic heterocycles. The summed E-state index contributed by atoms with van der Waals surface area (Å²) in [6, 6.07) is 36.7. The molecule has 0 heterocycles. The van der Waals surface area contributed by atoms with E-state index in [0.717, 1.165) is 38.3 Å². The lowest BCUT2D eigenvalue weighted by molar-refractivity contribution is -0.158. The first-order valence-electron chi connectivity index (χ1n) is 22.5. The minimum Gasteiger partial charge on any atom is -0.508 e. The molecular weight excluding hydrogens is 855 g/mol. The Labute approximate surface area is 400 Å². The molecule has 7 rings (SSSR count). The van der Waals surface area contributed by atoms with E-state index in [2.05, 4.69) is 85.8 Å². The SMILES string of the molecule is C=CC(=C)C(C=C)=C(C)C.CC1c2ccccc2-c2ccccc21.CN(C(=O)O)C(CNC(=O)OCC1c2ccccc2-c2ccccc21)C(=O)NC(Cc1ccc(O)cc1)C(=O)OC(C)(C)C. The number of nitrogens with one attached hydrogen (secondary N) is 2. The molecule has 0 bridgehead atoms. The molecule has 2 unspecified atom stereocenters. The second-order valence-electron chi connectivity index (χ2n) is 17.8. The summed E-state index contributed by atoms with van der Waals surface area (Å²) in [5, 5.41) is 24.3. The van der Waals surface area contributed by atoms with Crippen molar-refractivity contribution in [1.29, 1.82) is 0 Å². The van der Waals surface area contributed by atoms with Crippen LogP contribution >= 0.6 is 0 Å². The van der Waals surface area contributed by atoms with E-state index < -0.39 is 48.3 Å². The predicted octanol–water partition coefficient (Wildman–Crippen LogP) is 11.3. The first-order chi connectivity index (χ1) is 32.3. The van der Waals surface area contributed by atoms with Crippen LogP contribution in [0.5, 0.6) is 5.75 Å². The van der Waals surface area contributed by atoms with E-state index in [4.69, 9.17) is 9.47 Å². The third-order valence-corrected chi connectivity index (χ3v) is 11.7. The number of allylic oxidation sites excluding steroid dienone is 5. The standard InChI is InChI=1S/C33H37N3O8.C14H12.C10H14/c1-33(2,3)44-30(39)27(17-20-13-15-21(37)16-14-20)35-29(38)28(36(4)32(41)42)18-34-31(40)43-19-26-24-11-7-5-9-22(24)23-10-6-8-12-25(23)26;1-10-11-6-2-4-8-13(11)14-9-5-3-7-12(10)14;1-6-9(5)10(7-2)8(3)4/h5-16,26-28,37H,17-19H2,1-4H3,(H,34,40)(H,35,38)(H,41,42);2-10H,1H3;6-7H,1-2,5H2,3-4H3. The number of aromatic hydroxyl groups is 1. The number of rotatable bonds is 13. The first-order valence-corrected chi connectivity index (χ1v) is 22.5. The van der Waals surface area contributed by atoms with Crippen LogP contribution in [0.15, 0.2) is 170 Å². The molecule has 354 valence electrons. The molecule has 0 saturated heterocycles. The van der Waals surface area contributed by atoms with Gasteiger partial charge in [0.1, 0.15) is 30.0 Å². The van der Waals surface area contributed by atoms with E-state index in [1.165, 1.54) is 47.0 Å². The quantitative estimate of drug-likeness (QED) is 0.0672. The fourth-order valence-electron chi connectivity index (χ4n) is 8.24. The topological polar surface area (TPSA) is 154 Å². The number of hydrogen-bond donors (Lipinski definition) is 4. The molecule has 0 saturated carbocycles. The van der Waals surface area contributed by atoms with Gasteiger partial charge in [-0.05, 0) is 108 Å². The summed E-state index contributed by atoms with van der Waals surface area (Å²) >= 11 is 0. The lowest BCUT2D eigenvalue weighted by atomic mass is 9.98. The summed E-state index contributed by atoms with van der Waals surface area (Å²) in [6.45, 7) is 22.2. The van der Waals surface area contributed by atoms with Crippen LogP contribution in [0.3, 0.4) is 0 Å². The number of amides is 3. The first kappa shape index (κ1) is 51.3. The van der Waals surface area contributed by atoms with Crippen LogP contribution in [0.1, 0.15) is 81.2 Å². The summed E-state index contributed by atoms with van der Waals surface area (Å²) in [7, 11) is 1.19. The van der Waals surface area contributed by atoms with E-state index in [0.29, 0.717) is 11.5 Å². The van der Waals surface area contributed by atoms with E-state index >= 15 is 0 Å². The summed E-state index contributed by atoms with van der Waals surface area (Å²) in [6.07, 6.45) is 1.33. The van der Waals surface area contributed by atoms with Crippen molar-refractivity contribution in [3.8, 4) is 28.0 Å². The van der Waals surface area contributed by atoms with Gasteiger partial charge in [0.25, 0.3) is 0 Å². The molecule has 3 amide bonds. The lowest BCUT2D eigenvalue weighted by Gasteiger charge is -2.29. The smallest absolute Gasteiger partial charge is 0.407 e. The minimum absolute atomic E-state index is 0.0181. The highest BCUT2D eigenvalue weighted by Crippen LogP contribution is 2.45. The molecule has 5 aromatic carbocycles. The average molecular weight is 918 g/mol. The number of phenolic OH excluding ortho intramolecular Hbond substituents is 1. The molecule has 2 aliphatic rings. The van der Waals surface area contributed by atoms with Gasteiger partial charge in [0.2, 0.25) is 5.91 Å². The Morgan fingerprint density at radius 3 is 1.65 bits per heavy atom. The zero-order valence-electron chi connectivity index (χ0n) is 40.0. The largest absolute Gasteiger partial charge is 0.508 e. The normalized spacial score (nSPS) is 12.8. The van der Waals surface area contributed by atoms with Gasteiger partial charge in [-0.3, -0.25) is 9.69 Å². The van der Waals surface area contributed by atoms with Gasteiger partial charge in [-0.2, -0.15) is 0 Å². The van der Waals surface area contributed by atoms with Crippen molar-refractivity contribution in [2.24, 2.45) is 0 Å². The van der Waals surface area contributed by atoms with Crippen molar-refractivity contribution in [3.05, 3.63) is 198 Å². The second-order valence-corrected chi connectivity index (χ2v) is 17.8. The molecule has 0 fully saturated rings. The number of carboxylic acid groups (broad SMARTS) is 1. The highest BCUT2D eigenvalue weighted by atomic mass is 16.6. The molecule has 2 atom stereocenters. The van der Waals surface area contributed by atoms with Crippen molar-refractivity contribution in [1.82, 2.24) is 15.5 Å². The number of nitrogens with zero attached hydrogens (tertiary/aromatic N) is 1. The molecule has 11 nitrogen and oxygen atoms in total. The summed E-state index contributed by atoms with van der Waals surface area (Å²) in [5.74, 6) is -1.12. The molecule has 11 heteroatoms. The molecule has 68 heavy (non-hydrogen) atoms. The Kier molecular flexibility index (Phi) is 17.5. The van der Waals surface area contributed by atoms with Crippen LogP contribution in [0, 0.1) is 0 Å². The van der Waals surface area contributed by atoms with E-state index in [-0.39, 0.29) is 24.7 Å². The summed E-state index contributed by atoms with van der Waals surface area (Å²) in [4.78, 5) is 51.8. The van der Waals surface area contributed by atoms with Gasteiger partial charge >= 0.3 is 18.2 Å². The Morgan fingerprint density at radius 1 is 0.750 bits per heavy atom. The van der Waals surface area contributed by atoms with Crippen molar-refractivity contribution in [2.75, 3.05) is 20.2 Å². The summed E-state index contributed by atoms with van der Waals surface area (Å²) < 4.78 is 11.0. The molecular formula is C57H63N3O8. The van der Waals surface area contributed by atoms with Crippen LogP contribution < -0.4 is 10.6 Å². The van der Waals surface area contributed by atoms with Crippen molar-refractivity contribution >= 4 is 24.1 Å². The number of benzene rings is 5. The number of phenols is 1. The van der Waals surface area contributed by atoms with Crippen molar-refractivity contribution < 1.29 is 38.9 Å². The van der Waals surface area contributed by atoms with Crippen molar-refractivity contribution in [3.63, 3.8) is 0 Å². The lowest BCUT2D eigenvalue weighted by Crippen LogP contribution is -2.56. The van der Waals surface area contributed by atoms with Gasteiger partial charge in [-0.25, -0.2) is 14.4 Å². The Morgan fingerprint density at radius 2 is 1.22 bits per heavy atom. The zero-order chi connectivity index (χ0) is 49.7. The Hall–Kier alpha value is -7.66. The third kappa shape index (κ3) is 13.0. The number of hydrogen-bond acceptors (Lipinski definition) is 7. The maximum atomic E-state index is 13.4. The van der Waals surface area contributed by atoms with Crippen LogP contribution in [0.4, 0.5) is 9.59 Å². The van der Waals surface area contributed by atoms with Gasteiger partial charge < -0.3 is 30.3 Å². The number of likely N-dealkylation sites (N-methyl/N-ethyl adjacent to an activating group) is 1. The summed E-state index contributed by atoms with van der Waals surface area (Å²) in [5.41, 5.74) is 13.0. The Bertz CT molecular complexity index is 2580.